The Labute approximate surface area is 154 Å². The summed E-state index contributed by atoms with van der Waals surface area (Å²) in [4.78, 5) is 14.6. The highest BCUT2D eigenvalue weighted by molar-refractivity contribution is 7.18. The Hall–Kier alpha value is -2.64. The van der Waals surface area contributed by atoms with Gasteiger partial charge in [-0.2, -0.15) is 5.10 Å². The van der Waals surface area contributed by atoms with Crippen LogP contribution < -0.4 is 15.5 Å². The van der Waals surface area contributed by atoms with E-state index < -0.39 is 0 Å². The lowest BCUT2D eigenvalue weighted by Gasteiger charge is -2.13. The van der Waals surface area contributed by atoms with E-state index >= 15 is 0 Å². The number of anilines is 4. The van der Waals surface area contributed by atoms with Crippen LogP contribution >= 0.6 is 22.9 Å². The van der Waals surface area contributed by atoms with Gasteiger partial charge in [-0.25, -0.2) is 0 Å². The van der Waals surface area contributed by atoms with Crippen LogP contribution in [-0.4, -0.2) is 30.2 Å². The van der Waals surface area contributed by atoms with Crippen molar-refractivity contribution in [2.75, 3.05) is 29.6 Å². The highest BCUT2D eigenvalue weighted by Crippen LogP contribution is 2.23. The van der Waals surface area contributed by atoms with Crippen molar-refractivity contribution in [3.63, 3.8) is 0 Å². The van der Waals surface area contributed by atoms with Crippen LogP contribution in [-0.2, 0) is 0 Å². The van der Waals surface area contributed by atoms with Gasteiger partial charge in [0.25, 0.3) is 5.91 Å². The van der Waals surface area contributed by atoms with Gasteiger partial charge in [-0.05, 0) is 36.4 Å². The molecule has 1 amide bonds. The van der Waals surface area contributed by atoms with Crippen LogP contribution in [0.5, 0.6) is 0 Å². The van der Waals surface area contributed by atoms with Crippen molar-refractivity contribution in [2.45, 2.75) is 0 Å². The van der Waals surface area contributed by atoms with Crippen molar-refractivity contribution in [1.82, 2.24) is 10.2 Å². The molecular weight excluding hydrogens is 358 g/mol. The Balaban J connectivity index is 1.66. The van der Waals surface area contributed by atoms with E-state index in [4.69, 9.17) is 11.6 Å². The maximum atomic E-state index is 12.1. The molecule has 128 valence electrons. The molecule has 0 saturated heterocycles. The molecule has 2 heterocycles. The third-order valence-corrected chi connectivity index (χ3v) is 4.60. The fraction of sp³-hybridized carbons (Fsp3) is 0.118. The van der Waals surface area contributed by atoms with E-state index in [0.717, 1.165) is 11.4 Å². The van der Waals surface area contributed by atoms with Gasteiger partial charge < -0.3 is 15.5 Å². The smallest absolute Gasteiger partial charge is 0.265 e. The molecule has 3 aromatic rings. The maximum Gasteiger partial charge on any atom is 0.265 e. The number of nitrogens with one attached hydrogen (secondary N) is 2. The summed E-state index contributed by atoms with van der Waals surface area (Å²) in [7, 11) is 3.89. The number of benzene rings is 1. The predicted octanol–water partition coefficient (Wildman–Crippen LogP) is 4.25. The van der Waals surface area contributed by atoms with Gasteiger partial charge in [0.2, 0.25) is 0 Å². The second-order valence-corrected chi connectivity index (χ2v) is 7.17. The molecule has 0 unspecified atom stereocenters. The van der Waals surface area contributed by atoms with Gasteiger partial charge in [0, 0.05) is 31.5 Å². The molecule has 8 heteroatoms. The number of amides is 1. The zero-order valence-corrected chi connectivity index (χ0v) is 15.2. The molecule has 3 rings (SSSR count). The van der Waals surface area contributed by atoms with Gasteiger partial charge in [0.15, 0.2) is 5.82 Å². The molecule has 1 aromatic carbocycles. The number of nitrogens with zero attached hydrogens (tertiary/aromatic N) is 3. The predicted molar refractivity (Wildman–Crippen MR) is 103 cm³/mol. The monoisotopic (exact) mass is 373 g/mol. The number of hydrogen-bond acceptors (Lipinski definition) is 6. The molecule has 25 heavy (non-hydrogen) atoms. The van der Waals surface area contributed by atoms with Gasteiger partial charge in [0.05, 0.1) is 21.1 Å². The molecule has 0 aliphatic rings. The van der Waals surface area contributed by atoms with E-state index in [1.54, 1.807) is 18.3 Å². The first-order chi connectivity index (χ1) is 12.0. The van der Waals surface area contributed by atoms with Crippen LogP contribution in [0.3, 0.4) is 0 Å². The topological polar surface area (TPSA) is 70.2 Å². The molecule has 0 atom stereocenters. The van der Waals surface area contributed by atoms with Crippen molar-refractivity contribution in [2.24, 2.45) is 0 Å². The fourth-order valence-corrected chi connectivity index (χ4v) is 3.01. The number of hydrogen-bond donors (Lipinski definition) is 2. The lowest BCUT2D eigenvalue weighted by Crippen LogP contribution is -2.10. The van der Waals surface area contributed by atoms with Crippen molar-refractivity contribution >= 4 is 51.7 Å². The zero-order chi connectivity index (χ0) is 17.8. The highest BCUT2D eigenvalue weighted by Gasteiger charge is 2.09. The quantitative estimate of drug-likeness (QED) is 0.699. The molecule has 0 saturated carbocycles. The third-order valence-electron chi connectivity index (χ3n) is 3.37. The van der Waals surface area contributed by atoms with Gasteiger partial charge >= 0.3 is 0 Å². The molecule has 0 aliphatic carbocycles. The largest absolute Gasteiger partial charge is 0.376 e. The zero-order valence-electron chi connectivity index (χ0n) is 13.7. The SMILES string of the molecule is CN(C)c1cnnc(Nc2ccc(NC(=O)c3ccc(Cl)s3)cc2)c1. The minimum Gasteiger partial charge on any atom is -0.376 e. The number of halogens is 1. The molecule has 0 radical (unpaired) electrons. The first-order valence-electron chi connectivity index (χ1n) is 7.45. The van der Waals surface area contributed by atoms with Crippen LogP contribution in [0.15, 0.2) is 48.7 Å². The normalized spacial score (nSPS) is 10.4. The van der Waals surface area contributed by atoms with Crippen LogP contribution in [0.1, 0.15) is 9.67 Å². The van der Waals surface area contributed by atoms with E-state index in [1.165, 1.54) is 11.3 Å². The first-order valence-corrected chi connectivity index (χ1v) is 8.64. The Morgan fingerprint density at radius 1 is 1.12 bits per heavy atom. The number of carbonyl (C=O) groups excluding carboxylic acids is 1. The van der Waals surface area contributed by atoms with E-state index in [-0.39, 0.29) is 5.91 Å². The highest BCUT2D eigenvalue weighted by atomic mass is 35.5. The average Bonchev–Trinajstić information content (AvgIpc) is 3.03. The van der Waals surface area contributed by atoms with Gasteiger partial charge in [-0.3, -0.25) is 4.79 Å². The average molecular weight is 374 g/mol. The van der Waals surface area contributed by atoms with Gasteiger partial charge in [-0.1, -0.05) is 11.6 Å². The Bertz CT molecular complexity index is 879. The fourth-order valence-electron chi connectivity index (χ4n) is 2.08. The van der Waals surface area contributed by atoms with Crippen LogP contribution in [0.25, 0.3) is 0 Å². The summed E-state index contributed by atoms with van der Waals surface area (Å²) in [6, 6.07) is 12.7. The second-order valence-electron chi connectivity index (χ2n) is 5.45. The number of carbonyl (C=O) groups is 1. The summed E-state index contributed by atoms with van der Waals surface area (Å²) in [5.74, 6) is 0.471. The van der Waals surface area contributed by atoms with Crippen molar-refractivity contribution in [3.05, 3.63) is 57.9 Å². The van der Waals surface area contributed by atoms with E-state index in [9.17, 15) is 4.79 Å². The van der Waals surface area contributed by atoms with E-state index in [1.807, 2.05) is 49.3 Å². The molecule has 0 spiro atoms. The first kappa shape index (κ1) is 17.2. The molecular formula is C17H16ClN5OS. The number of thiophene rings is 1. The van der Waals surface area contributed by atoms with Gasteiger partial charge in [-0.15, -0.1) is 16.4 Å². The Morgan fingerprint density at radius 3 is 2.48 bits per heavy atom. The van der Waals surface area contributed by atoms with Crippen LogP contribution in [0.4, 0.5) is 22.9 Å². The van der Waals surface area contributed by atoms with E-state index in [2.05, 4.69) is 20.8 Å². The number of aromatic nitrogens is 2. The lowest BCUT2D eigenvalue weighted by atomic mass is 10.2. The summed E-state index contributed by atoms with van der Waals surface area (Å²) >= 11 is 7.10. The summed E-state index contributed by atoms with van der Waals surface area (Å²) in [5, 5.41) is 14.1. The van der Waals surface area contributed by atoms with E-state index in [0.29, 0.717) is 20.7 Å². The van der Waals surface area contributed by atoms with Crippen LogP contribution in [0.2, 0.25) is 4.34 Å². The minimum atomic E-state index is -0.179. The van der Waals surface area contributed by atoms with Crippen molar-refractivity contribution in [3.8, 4) is 0 Å². The molecule has 0 aliphatic heterocycles. The summed E-state index contributed by atoms with van der Waals surface area (Å²) in [6.45, 7) is 0. The van der Waals surface area contributed by atoms with Crippen LogP contribution in [0, 0.1) is 0 Å². The number of rotatable bonds is 5. The summed E-state index contributed by atoms with van der Waals surface area (Å²) < 4.78 is 0.589. The molecule has 2 N–H and O–H groups in total. The summed E-state index contributed by atoms with van der Waals surface area (Å²) in [6.07, 6.45) is 1.70. The maximum absolute atomic E-state index is 12.1. The Kier molecular flexibility index (Phi) is 5.16. The van der Waals surface area contributed by atoms with Crippen molar-refractivity contribution < 1.29 is 4.79 Å². The van der Waals surface area contributed by atoms with Gasteiger partial charge in [0.1, 0.15) is 0 Å². The minimum absolute atomic E-state index is 0.179. The third kappa shape index (κ3) is 4.46. The summed E-state index contributed by atoms with van der Waals surface area (Å²) in [5.41, 5.74) is 2.51. The van der Waals surface area contributed by atoms with Crippen molar-refractivity contribution in [1.29, 1.82) is 0 Å². The molecule has 0 fully saturated rings. The lowest BCUT2D eigenvalue weighted by molar-refractivity contribution is 0.103. The molecule has 2 aromatic heterocycles. The molecule has 6 nitrogen and oxygen atoms in total. The Morgan fingerprint density at radius 2 is 1.84 bits per heavy atom. The second kappa shape index (κ2) is 7.50. The molecule has 0 bridgehead atoms. The standard InChI is InChI=1S/C17H16ClN5OS/c1-23(2)13-9-16(22-19-10-13)20-11-3-5-12(6-4-11)21-17(24)14-7-8-15(18)25-14/h3-10H,1-2H3,(H,20,22)(H,21,24).